The predicted molar refractivity (Wildman–Crippen MR) is 120 cm³/mol. The highest BCUT2D eigenvalue weighted by atomic mass is 32.2. The molecule has 2 aromatic carbocycles. The average molecular weight is 466 g/mol. The third-order valence-corrected chi connectivity index (χ3v) is 7.97. The van der Waals surface area contributed by atoms with Crippen LogP contribution in [0.3, 0.4) is 0 Å². The lowest BCUT2D eigenvalue weighted by molar-refractivity contribution is 0.0418. The average Bonchev–Trinajstić information content (AvgIpc) is 2.71. The normalized spacial score (nSPS) is 18.4. The van der Waals surface area contributed by atoms with Gasteiger partial charge in [0, 0.05) is 5.41 Å². The second kappa shape index (κ2) is 8.74. The molecule has 0 unspecified atom stereocenters. The number of anilines is 1. The number of methoxy groups -OCH3 is 1. The predicted octanol–water partition coefficient (Wildman–Crippen LogP) is 4.80. The van der Waals surface area contributed by atoms with Gasteiger partial charge >= 0.3 is 7.75 Å². The zero-order valence-corrected chi connectivity index (χ0v) is 19.9. The maximum absolute atomic E-state index is 13.7. The molecule has 0 N–H and O–H groups in total. The number of rotatable bonds is 5. The zero-order chi connectivity index (χ0) is 22.9. The van der Waals surface area contributed by atoms with E-state index in [1.165, 1.54) is 30.8 Å². The van der Waals surface area contributed by atoms with Gasteiger partial charge in [0.25, 0.3) is 10.0 Å². The molecule has 31 heavy (non-hydrogen) atoms. The Balaban J connectivity index is 2.05. The molecule has 0 bridgehead atoms. The molecule has 8 nitrogen and oxygen atoms in total. The van der Waals surface area contributed by atoms with Gasteiger partial charge in [-0.2, -0.15) is 8.42 Å². The van der Waals surface area contributed by atoms with Crippen LogP contribution in [-0.2, 0) is 23.6 Å². The molecule has 1 heterocycles. The van der Waals surface area contributed by atoms with E-state index in [9.17, 15) is 13.0 Å². The number of amidine groups is 1. The van der Waals surface area contributed by atoms with E-state index < -0.39 is 17.8 Å². The van der Waals surface area contributed by atoms with Crippen LogP contribution in [0.4, 0.5) is 5.69 Å². The highest BCUT2D eigenvalue weighted by molar-refractivity contribution is 7.90. The summed E-state index contributed by atoms with van der Waals surface area (Å²) in [7, 11) is -6.40. The van der Waals surface area contributed by atoms with Crippen molar-refractivity contribution in [1.82, 2.24) is 0 Å². The van der Waals surface area contributed by atoms with E-state index in [2.05, 4.69) is 4.40 Å². The third-order valence-electron chi connectivity index (χ3n) is 4.68. The number of hydrogen-bond donors (Lipinski definition) is 0. The topological polar surface area (TPSA) is 94.5 Å². The van der Waals surface area contributed by atoms with Crippen molar-refractivity contribution in [2.45, 2.75) is 32.6 Å². The van der Waals surface area contributed by atoms with Gasteiger partial charge in [0.1, 0.15) is 11.6 Å². The first-order valence-corrected chi connectivity index (χ1v) is 12.6. The van der Waals surface area contributed by atoms with Crippen LogP contribution in [0.25, 0.3) is 0 Å². The van der Waals surface area contributed by atoms with Crippen molar-refractivity contribution in [3.05, 3.63) is 54.1 Å². The van der Waals surface area contributed by atoms with Gasteiger partial charge in [0.15, 0.2) is 0 Å². The van der Waals surface area contributed by atoms with Crippen molar-refractivity contribution in [2.75, 3.05) is 25.0 Å². The van der Waals surface area contributed by atoms with E-state index in [-0.39, 0.29) is 29.4 Å². The smallest absolute Gasteiger partial charge is 0.440 e. The lowest BCUT2D eigenvalue weighted by Gasteiger charge is -2.39. The number of aryl methyl sites for hydroxylation is 1. The summed E-state index contributed by atoms with van der Waals surface area (Å²) < 4.78 is 61.1. The maximum atomic E-state index is 13.7. The first-order chi connectivity index (χ1) is 14.5. The van der Waals surface area contributed by atoms with Crippen LogP contribution >= 0.6 is 7.75 Å². The first-order valence-electron chi connectivity index (χ1n) is 9.68. The molecule has 0 atom stereocenters. The Kier molecular flexibility index (Phi) is 6.62. The van der Waals surface area contributed by atoms with E-state index in [4.69, 9.17) is 13.8 Å². The molecule has 10 heteroatoms. The van der Waals surface area contributed by atoms with Crippen LogP contribution in [0.1, 0.15) is 26.3 Å². The van der Waals surface area contributed by atoms with Crippen LogP contribution in [0.5, 0.6) is 5.75 Å². The van der Waals surface area contributed by atoms with Gasteiger partial charge in [-0.25, -0.2) is 9.24 Å². The minimum atomic E-state index is -4.04. The molecule has 2 aromatic rings. The number of hydrogen-bond acceptors (Lipinski definition) is 6. The minimum absolute atomic E-state index is 0.0335. The second-order valence-electron chi connectivity index (χ2n) is 8.12. The Morgan fingerprint density at radius 1 is 1.06 bits per heavy atom. The van der Waals surface area contributed by atoms with Crippen LogP contribution in [0.2, 0.25) is 0 Å². The third kappa shape index (κ3) is 5.36. The van der Waals surface area contributed by atoms with Gasteiger partial charge in [-0.15, -0.1) is 4.40 Å². The molecule has 0 spiro atoms. The number of sulfonamides is 1. The lowest BCUT2D eigenvalue weighted by Crippen LogP contribution is -2.37. The van der Waals surface area contributed by atoms with Gasteiger partial charge in [-0.05, 0) is 50.2 Å². The molecule has 3 rings (SSSR count). The summed E-state index contributed by atoms with van der Waals surface area (Å²) in [5.41, 5.74) is 1.01. The summed E-state index contributed by atoms with van der Waals surface area (Å²) in [5.74, 6) is 0.559. The molecule has 1 aliphatic rings. The molecule has 1 saturated heterocycles. The van der Waals surface area contributed by atoms with Crippen molar-refractivity contribution >= 4 is 29.3 Å². The Morgan fingerprint density at radius 2 is 1.61 bits per heavy atom. The minimum Gasteiger partial charge on any atom is -0.497 e. The Morgan fingerprint density at radius 3 is 2.13 bits per heavy atom. The van der Waals surface area contributed by atoms with Gasteiger partial charge in [-0.3, -0.25) is 9.05 Å². The van der Waals surface area contributed by atoms with Crippen LogP contribution in [0.15, 0.2) is 57.8 Å². The monoisotopic (exact) mass is 466 g/mol. The summed E-state index contributed by atoms with van der Waals surface area (Å²) in [4.78, 5) is 0.0389. The van der Waals surface area contributed by atoms with Crippen molar-refractivity contribution < 1.29 is 26.8 Å². The molecular formula is C21H27N2O6PS. The van der Waals surface area contributed by atoms with E-state index in [0.29, 0.717) is 11.4 Å². The zero-order valence-electron chi connectivity index (χ0n) is 18.2. The van der Waals surface area contributed by atoms with Crippen LogP contribution in [-0.4, -0.2) is 34.6 Å². The first kappa shape index (κ1) is 23.5. The van der Waals surface area contributed by atoms with Gasteiger partial charge in [-0.1, -0.05) is 31.5 Å². The second-order valence-corrected chi connectivity index (χ2v) is 11.6. The number of ether oxygens (including phenoxy) is 1. The van der Waals surface area contributed by atoms with Gasteiger partial charge in [0.05, 0.1) is 30.9 Å². The highest BCUT2D eigenvalue weighted by Crippen LogP contribution is 2.58. The Hall–Kier alpha value is -2.19. The quantitative estimate of drug-likeness (QED) is 0.355. The fourth-order valence-electron chi connectivity index (χ4n) is 2.91. The lowest BCUT2D eigenvalue weighted by atomic mass is 9.97. The molecule has 0 radical (unpaired) electrons. The molecule has 1 fully saturated rings. The van der Waals surface area contributed by atoms with Crippen molar-refractivity contribution in [3.8, 4) is 5.75 Å². The molecule has 0 saturated carbocycles. The number of benzene rings is 2. The maximum Gasteiger partial charge on any atom is 0.440 e. The summed E-state index contributed by atoms with van der Waals surface area (Å²) in [6.45, 7) is 7.56. The highest BCUT2D eigenvalue weighted by Gasteiger charge is 2.43. The summed E-state index contributed by atoms with van der Waals surface area (Å²) >= 11 is 0. The summed E-state index contributed by atoms with van der Waals surface area (Å²) in [6, 6.07) is 13.0. The molecule has 0 amide bonds. The molecular weight excluding hydrogens is 439 g/mol. The van der Waals surface area contributed by atoms with Crippen LogP contribution in [0, 0.1) is 12.3 Å². The SMILES string of the molecule is COc1ccc(N(/C(C)=N/S(=O)(=O)c2ccc(C)cc2)P2(=O)OCC(C)(C)CO2)cc1. The summed E-state index contributed by atoms with van der Waals surface area (Å²) in [6.07, 6.45) is 0. The fraction of sp³-hybridized carbons (Fsp3) is 0.381. The van der Waals surface area contributed by atoms with Crippen molar-refractivity contribution in [1.29, 1.82) is 0 Å². The number of nitrogens with zero attached hydrogens (tertiary/aromatic N) is 2. The van der Waals surface area contributed by atoms with E-state index in [1.807, 2.05) is 20.8 Å². The Labute approximate surface area is 183 Å². The fourth-order valence-corrected chi connectivity index (χ4v) is 6.13. The Bertz CT molecular complexity index is 1100. The van der Waals surface area contributed by atoms with Gasteiger partial charge < -0.3 is 4.74 Å². The van der Waals surface area contributed by atoms with E-state index in [0.717, 1.165) is 5.56 Å². The van der Waals surface area contributed by atoms with E-state index >= 15 is 0 Å². The standard InChI is InChI=1S/C21H27N2O6PS/c1-16-6-12-20(13-7-16)31(25,26)22-17(2)23(18-8-10-19(27-5)11-9-18)30(24)28-14-21(3,4)15-29-30/h6-13H,14-15H2,1-5H3/b22-17+. The van der Waals surface area contributed by atoms with Crippen molar-refractivity contribution in [3.63, 3.8) is 0 Å². The largest absolute Gasteiger partial charge is 0.497 e. The van der Waals surface area contributed by atoms with Crippen LogP contribution < -0.4 is 9.41 Å². The molecule has 168 valence electrons. The molecule has 0 aromatic heterocycles. The van der Waals surface area contributed by atoms with E-state index in [1.54, 1.807) is 36.4 Å². The molecule has 1 aliphatic heterocycles. The van der Waals surface area contributed by atoms with Crippen molar-refractivity contribution in [2.24, 2.45) is 9.81 Å². The molecule has 0 aliphatic carbocycles. The summed E-state index contributed by atoms with van der Waals surface area (Å²) in [5, 5.41) is 0. The van der Waals surface area contributed by atoms with Gasteiger partial charge in [0.2, 0.25) is 0 Å².